The highest BCUT2D eigenvalue weighted by Crippen LogP contribution is 2.19. The van der Waals surface area contributed by atoms with Crippen molar-refractivity contribution < 1.29 is 27.2 Å². The molecule has 3 rings (SSSR count). The number of ether oxygens (including phenoxy) is 1. The van der Waals surface area contributed by atoms with E-state index in [9.17, 15) is 13.2 Å². The SMILES string of the molecule is COCCNc1ccc(S(=O)(=O)Oc2ccc3c(c2)=NC(C)(NC(=O)O)N=3)cc1. The molecule has 0 aromatic heterocycles. The summed E-state index contributed by atoms with van der Waals surface area (Å²) in [7, 11) is -2.46. The Labute approximate surface area is 167 Å². The molecule has 3 N–H and O–H groups in total. The molecule has 0 radical (unpaired) electrons. The lowest BCUT2D eigenvalue weighted by Gasteiger charge is -2.16. The van der Waals surface area contributed by atoms with Crippen LogP contribution in [0.2, 0.25) is 0 Å². The first-order valence-electron chi connectivity index (χ1n) is 8.59. The minimum atomic E-state index is -4.05. The highest BCUT2D eigenvalue weighted by Gasteiger charge is 2.27. The molecule has 0 aliphatic carbocycles. The number of hydrogen-bond acceptors (Lipinski definition) is 8. The van der Waals surface area contributed by atoms with E-state index in [1.807, 2.05) is 0 Å². The molecule has 0 bridgehead atoms. The van der Waals surface area contributed by atoms with E-state index in [0.717, 1.165) is 5.69 Å². The van der Waals surface area contributed by atoms with Crippen LogP contribution in [-0.2, 0) is 14.9 Å². The average Bonchev–Trinajstić information content (AvgIpc) is 2.96. The van der Waals surface area contributed by atoms with Crippen LogP contribution in [-0.4, -0.2) is 45.7 Å². The normalized spacial score (nSPS) is 17.6. The number of anilines is 1. The third-order valence-electron chi connectivity index (χ3n) is 3.95. The van der Waals surface area contributed by atoms with E-state index in [4.69, 9.17) is 14.0 Å². The summed E-state index contributed by atoms with van der Waals surface area (Å²) in [4.78, 5) is 19.2. The minimum Gasteiger partial charge on any atom is -0.465 e. The molecule has 0 fully saturated rings. The van der Waals surface area contributed by atoms with Crippen LogP contribution in [0.5, 0.6) is 5.75 Å². The standard InChI is InChI=1S/C18H20N4O6S/c1-18(22-17(23)24)20-15-8-5-13(11-16(15)21-18)28-29(25,26)14-6-3-12(4-7-14)19-9-10-27-2/h3-8,11,19,22H,9-10H2,1-2H3,(H,23,24). The molecule has 1 aliphatic rings. The van der Waals surface area contributed by atoms with Crippen molar-refractivity contribution in [2.75, 3.05) is 25.6 Å². The zero-order chi connectivity index (χ0) is 21.1. The second-order valence-electron chi connectivity index (χ2n) is 6.31. The number of amides is 1. The smallest absolute Gasteiger partial charge is 0.408 e. The van der Waals surface area contributed by atoms with Crippen molar-refractivity contribution in [3.8, 4) is 5.75 Å². The van der Waals surface area contributed by atoms with Gasteiger partial charge in [-0.05, 0) is 36.4 Å². The summed E-state index contributed by atoms with van der Waals surface area (Å²) in [6.45, 7) is 2.61. The number of nitrogens with zero attached hydrogens (tertiary/aromatic N) is 2. The number of rotatable bonds is 8. The molecule has 1 heterocycles. The maximum atomic E-state index is 12.5. The Balaban J connectivity index is 1.77. The molecule has 1 aliphatic heterocycles. The van der Waals surface area contributed by atoms with Gasteiger partial charge >= 0.3 is 16.2 Å². The predicted octanol–water partition coefficient (Wildman–Crippen LogP) is 0.707. The summed E-state index contributed by atoms with van der Waals surface area (Å²) in [5, 5.41) is 14.9. The highest BCUT2D eigenvalue weighted by atomic mass is 32.2. The monoisotopic (exact) mass is 420 g/mol. The van der Waals surface area contributed by atoms with E-state index >= 15 is 0 Å². The van der Waals surface area contributed by atoms with Crippen molar-refractivity contribution in [1.29, 1.82) is 0 Å². The molecule has 2 aromatic carbocycles. The number of carboxylic acid groups (broad SMARTS) is 1. The third kappa shape index (κ3) is 5.00. The van der Waals surface area contributed by atoms with Crippen LogP contribution in [0.4, 0.5) is 10.5 Å². The number of fused-ring (bicyclic) bond motifs is 1. The molecule has 0 spiro atoms. The maximum absolute atomic E-state index is 12.5. The van der Waals surface area contributed by atoms with Gasteiger partial charge in [-0.2, -0.15) is 8.42 Å². The lowest BCUT2D eigenvalue weighted by Crippen LogP contribution is -2.41. The molecule has 0 saturated heterocycles. The van der Waals surface area contributed by atoms with Crippen LogP contribution in [0.3, 0.4) is 0 Å². The zero-order valence-corrected chi connectivity index (χ0v) is 16.6. The zero-order valence-electron chi connectivity index (χ0n) is 15.7. The topological polar surface area (TPSA) is 139 Å². The quantitative estimate of drug-likeness (QED) is 0.422. The first-order chi connectivity index (χ1) is 13.7. The summed E-state index contributed by atoms with van der Waals surface area (Å²) < 4.78 is 35.2. The Kier molecular flexibility index (Phi) is 5.71. The molecule has 1 atom stereocenters. The third-order valence-corrected chi connectivity index (χ3v) is 5.21. The van der Waals surface area contributed by atoms with E-state index in [2.05, 4.69) is 20.6 Å². The summed E-state index contributed by atoms with van der Waals surface area (Å²) in [6, 6.07) is 10.5. The molecular formula is C18H20N4O6S. The Hall–Kier alpha value is -3.18. The van der Waals surface area contributed by atoms with Crippen LogP contribution >= 0.6 is 0 Å². The Morgan fingerprint density at radius 2 is 1.83 bits per heavy atom. The number of methoxy groups -OCH3 is 1. The Morgan fingerprint density at radius 1 is 1.14 bits per heavy atom. The summed E-state index contributed by atoms with van der Waals surface area (Å²) in [5.41, 5.74) is 0.754. The van der Waals surface area contributed by atoms with Gasteiger partial charge < -0.3 is 19.3 Å². The minimum absolute atomic E-state index is 0.00528. The number of nitrogens with one attached hydrogen (secondary N) is 2. The first kappa shape index (κ1) is 20.6. The van der Waals surface area contributed by atoms with Crippen LogP contribution in [0, 0.1) is 0 Å². The molecule has 2 aromatic rings. The first-order valence-corrected chi connectivity index (χ1v) is 10.00. The van der Waals surface area contributed by atoms with Gasteiger partial charge in [-0.25, -0.2) is 14.8 Å². The van der Waals surface area contributed by atoms with Gasteiger partial charge in [-0.3, -0.25) is 5.32 Å². The van der Waals surface area contributed by atoms with Gasteiger partial charge in [0.1, 0.15) is 10.6 Å². The van der Waals surface area contributed by atoms with Crippen LogP contribution in [0.25, 0.3) is 0 Å². The molecule has 1 unspecified atom stereocenters. The van der Waals surface area contributed by atoms with Crippen LogP contribution < -0.4 is 25.5 Å². The number of hydrogen-bond donors (Lipinski definition) is 3. The maximum Gasteiger partial charge on any atom is 0.408 e. The molecule has 1 amide bonds. The lowest BCUT2D eigenvalue weighted by molar-refractivity contribution is 0.182. The van der Waals surface area contributed by atoms with Gasteiger partial charge in [0.2, 0.25) is 5.79 Å². The summed E-state index contributed by atoms with van der Waals surface area (Å²) >= 11 is 0. The Morgan fingerprint density at radius 3 is 2.48 bits per heavy atom. The summed E-state index contributed by atoms with van der Waals surface area (Å²) in [5.74, 6) is -1.32. The second-order valence-corrected chi connectivity index (χ2v) is 7.85. The number of benzene rings is 2. The van der Waals surface area contributed by atoms with E-state index in [-0.39, 0.29) is 10.6 Å². The van der Waals surface area contributed by atoms with Gasteiger partial charge in [0.05, 0.1) is 17.3 Å². The van der Waals surface area contributed by atoms with Crippen LogP contribution in [0.15, 0.2) is 57.3 Å². The van der Waals surface area contributed by atoms with Gasteiger partial charge in [0.25, 0.3) is 0 Å². The second kappa shape index (κ2) is 8.05. The largest absolute Gasteiger partial charge is 0.465 e. The van der Waals surface area contributed by atoms with Gasteiger partial charge in [0, 0.05) is 32.3 Å². The van der Waals surface area contributed by atoms with Gasteiger partial charge in [-0.15, -0.1) is 0 Å². The fourth-order valence-corrected chi connectivity index (χ4v) is 3.63. The van der Waals surface area contributed by atoms with Crippen molar-refractivity contribution in [1.82, 2.24) is 5.32 Å². The highest BCUT2D eigenvalue weighted by molar-refractivity contribution is 7.87. The van der Waals surface area contributed by atoms with Crippen molar-refractivity contribution in [3.63, 3.8) is 0 Å². The van der Waals surface area contributed by atoms with Crippen molar-refractivity contribution in [2.24, 2.45) is 9.98 Å². The molecule has 0 saturated carbocycles. The fraction of sp³-hybridized carbons (Fsp3) is 0.278. The van der Waals surface area contributed by atoms with Crippen molar-refractivity contribution >= 4 is 21.9 Å². The van der Waals surface area contributed by atoms with Crippen molar-refractivity contribution in [2.45, 2.75) is 17.6 Å². The molecule has 29 heavy (non-hydrogen) atoms. The number of carbonyl (C=O) groups is 1. The lowest BCUT2D eigenvalue weighted by atomic mass is 10.3. The molecule has 154 valence electrons. The van der Waals surface area contributed by atoms with Gasteiger partial charge in [-0.1, -0.05) is 0 Å². The van der Waals surface area contributed by atoms with Crippen molar-refractivity contribution in [3.05, 3.63) is 53.2 Å². The van der Waals surface area contributed by atoms with Gasteiger partial charge in [0.15, 0.2) is 0 Å². The predicted molar refractivity (Wildman–Crippen MR) is 103 cm³/mol. The fourth-order valence-electron chi connectivity index (χ4n) is 2.70. The van der Waals surface area contributed by atoms with E-state index in [0.29, 0.717) is 23.9 Å². The molecule has 10 nitrogen and oxygen atoms in total. The van der Waals surface area contributed by atoms with E-state index in [1.54, 1.807) is 19.2 Å². The Bertz CT molecular complexity index is 1130. The van der Waals surface area contributed by atoms with E-state index in [1.165, 1.54) is 37.3 Å². The molecule has 11 heteroatoms. The van der Waals surface area contributed by atoms with E-state index < -0.39 is 22.0 Å². The summed E-state index contributed by atoms with van der Waals surface area (Å²) in [6.07, 6.45) is -1.27. The van der Waals surface area contributed by atoms with Crippen LogP contribution in [0.1, 0.15) is 6.92 Å². The average molecular weight is 420 g/mol. The molecular weight excluding hydrogens is 400 g/mol.